The van der Waals surface area contributed by atoms with E-state index in [0.717, 1.165) is 5.56 Å². The van der Waals surface area contributed by atoms with Crippen LogP contribution in [-0.2, 0) is 6.54 Å². The fourth-order valence-corrected chi connectivity index (χ4v) is 1.84. The number of carboxylic acid groups (broad SMARTS) is 1. The molecule has 21 heavy (non-hydrogen) atoms. The van der Waals surface area contributed by atoms with Crippen LogP contribution in [0.4, 0.5) is 11.5 Å². The van der Waals surface area contributed by atoms with Crippen LogP contribution in [0.1, 0.15) is 21.5 Å². The monoisotopic (exact) mass is 287 g/mol. The molecule has 0 radical (unpaired) electrons. The molecule has 0 aliphatic rings. The summed E-state index contributed by atoms with van der Waals surface area (Å²) in [6.45, 7) is 2.10. The Bertz CT molecular complexity index is 700. The molecule has 1 heterocycles. The van der Waals surface area contributed by atoms with Crippen molar-refractivity contribution in [2.45, 2.75) is 13.5 Å². The number of anilines is 1. The van der Waals surface area contributed by atoms with E-state index < -0.39 is 10.9 Å². The van der Waals surface area contributed by atoms with Gasteiger partial charge in [0.15, 0.2) is 0 Å². The van der Waals surface area contributed by atoms with Crippen molar-refractivity contribution in [3.63, 3.8) is 0 Å². The molecule has 0 atom stereocenters. The first-order valence-electron chi connectivity index (χ1n) is 6.14. The molecule has 2 N–H and O–H groups in total. The van der Waals surface area contributed by atoms with E-state index in [0.29, 0.717) is 17.9 Å². The van der Waals surface area contributed by atoms with Gasteiger partial charge in [0.1, 0.15) is 12.0 Å². The number of carbonyl (C=O) groups is 1. The van der Waals surface area contributed by atoms with E-state index in [4.69, 9.17) is 5.11 Å². The van der Waals surface area contributed by atoms with Crippen LogP contribution >= 0.6 is 0 Å². The minimum atomic E-state index is -0.985. The summed E-state index contributed by atoms with van der Waals surface area (Å²) in [6.07, 6.45) is 1.18. The van der Waals surface area contributed by atoms with Gasteiger partial charge in [-0.05, 0) is 30.2 Å². The standard InChI is InChI=1S/C14H13N3O4/c1-9-5-12(17(20)21)8-16-13(9)15-7-10-3-2-4-11(6-10)14(18)19/h2-6,8H,7H2,1H3,(H,15,16)(H,18,19). The van der Waals surface area contributed by atoms with Crippen molar-refractivity contribution in [2.24, 2.45) is 0 Å². The Morgan fingerprint density at radius 2 is 2.19 bits per heavy atom. The summed E-state index contributed by atoms with van der Waals surface area (Å²) in [5.74, 6) is -0.456. The third-order valence-corrected chi connectivity index (χ3v) is 2.91. The summed E-state index contributed by atoms with van der Waals surface area (Å²) in [4.78, 5) is 25.0. The molecule has 0 saturated heterocycles. The average Bonchev–Trinajstić information content (AvgIpc) is 2.46. The Balaban J connectivity index is 2.11. The number of nitrogens with one attached hydrogen (secondary N) is 1. The van der Waals surface area contributed by atoms with E-state index in [1.54, 1.807) is 25.1 Å². The summed E-state index contributed by atoms with van der Waals surface area (Å²) in [5.41, 5.74) is 1.58. The zero-order chi connectivity index (χ0) is 15.4. The molecule has 2 rings (SSSR count). The van der Waals surface area contributed by atoms with E-state index in [1.165, 1.54) is 18.3 Å². The maximum absolute atomic E-state index is 10.9. The number of hydrogen-bond donors (Lipinski definition) is 2. The predicted octanol–water partition coefficient (Wildman–Crippen LogP) is 2.61. The van der Waals surface area contributed by atoms with Gasteiger partial charge in [0, 0.05) is 12.6 Å². The van der Waals surface area contributed by atoms with Crippen molar-refractivity contribution in [3.05, 3.63) is 63.3 Å². The summed E-state index contributed by atoms with van der Waals surface area (Å²) >= 11 is 0. The quantitative estimate of drug-likeness (QED) is 0.646. The van der Waals surface area contributed by atoms with Gasteiger partial charge in [-0.25, -0.2) is 9.78 Å². The molecule has 0 aliphatic carbocycles. The van der Waals surface area contributed by atoms with Crippen molar-refractivity contribution >= 4 is 17.5 Å². The van der Waals surface area contributed by atoms with Crippen LogP contribution in [0.2, 0.25) is 0 Å². The molecule has 0 saturated carbocycles. The summed E-state index contributed by atoms with van der Waals surface area (Å²) in [7, 11) is 0. The largest absolute Gasteiger partial charge is 0.478 e. The van der Waals surface area contributed by atoms with Gasteiger partial charge in [0.25, 0.3) is 5.69 Å². The predicted molar refractivity (Wildman–Crippen MR) is 76.4 cm³/mol. The fraction of sp³-hybridized carbons (Fsp3) is 0.143. The molecule has 0 spiro atoms. The number of benzene rings is 1. The molecule has 0 aliphatic heterocycles. The minimum Gasteiger partial charge on any atom is -0.478 e. The van der Waals surface area contributed by atoms with Gasteiger partial charge in [0.05, 0.1) is 10.5 Å². The van der Waals surface area contributed by atoms with Gasteiger partial charge in [0.2, 0.25) is 0 Å². The number of pyridine rings is 1. The molecular formula is C14H13N3O4. The number of aromatic carboxylic acids is 1. The molecular weight excluding hydrogens is 274 g/mol. The molecule has 0 amide bonds. The van der Waals surface area contributed by atoms with Gasteiger partial charge < -0.3 is 10.4 Å². The van der Waals surface area contributed by atoms with E-state index in [1.807, 2.05) is 0 Å². The van der Waals surface area contributed by atoms with E-state index in [-0.39, 0.29) is 11.3 Å². The van der Waals surface area contributed by atoms with Crippen molar-refractivity contribution in [1.82, 2.24) is 4.98 Å². The second kappa shape index (κ2) is 6.00. The third kappa shape index (κ3) is 3.53. The molecule has 2 aromatic rings. The molecule has 1 aromatic heterocycles. The molecule has 7 nitrogen and oxygen atoms in total. The summed E-state index contributed by atoms with van der Waals surface area (Å²) in [5, 5.41) is 22.6. The summed E-state index contributed by atoms with van der Waals surface area (Å²) < 4.78 is 0. The lowest BCUT2D eigenvalue weighted by molar-refractivity contribution is -0.385. The number of hydrogen-bond acceptors (Lipinski definition) is 5. The number of aromatic nitrogens is 1. The van der Waals surface area contributed by atoms with Crippen LogP contribution in [-0.4, -0.2) is 21.0 Å². The Morgan fingerprint density at radius 3 is 2.81 bits per heavy atom. The van der Waals surface area contributed by atoms with Crippen molar-refractivity contribution in [2.75, 3.05) is 5.32 Å². The maximum atomic E-state index is 10.9. The lowest BCUT2D eigenvalue weighted by atomic mass is 10.1. The Hall–Kier alpha value is -2.96. The number of rotatable bonds is 5. The van der Waals surface area contributed by atoms with Crippen LogP contribution in [0, 0.1) is 17.0 Å². The second-order valence-electron chi connectivity index (χ2n) is 4.48. The lowest BCUT2D eigenvalue weighted by Gasteiger charge is -2.08. The van der Waals surface area contributed by atoms with Crippen LogP contribution in [0.15, 0.2) is 36.5 Å². The highest BCUT2D eigenvalue weighted by Crippen LogP contribution is 2.18. The van der Waals surface area contributed by atoms with Gasteiger partial charge in [-0.15, -0.1) is 0 Å². The van der Waals surface area contributed by atoms with Crippen LogP contribution in [0.25, 0.3) is 0 Å². The maximum Gasteiger partial charge on any atom is 0.335 e. The van der Waals surface area contributed by atoms with Crippen LogP contribution in [0.5, 0.6) is 0 Å². The molecule has 7 heteroatoms. The van der Waals surface area contributed by atoms with E-state index in [2.05, 4.69) is 10.3 Å². The molecule has 1 aromatic carbocycles. The van der Waals surface area contributed by atoms with E-state index in [9.17, 15) is 14.9 Å². The van der Waals surface area contributed by atoms with Crippen molar-refractivity contribution in [1.29, 1.82) is 0 Å². The van der Waals surface area contributed by atoms with Crippen molar-refractivity contribution in [3.8, 4) is 0 Å². The van der Waals surface area contributed by atoms with Crippen LogP contribution < -0.4 is 5.32 Å². The first-order valence-corrected chi connectivity index (χ1v) is 6.14. The first-order chi connectivity index (χ1) is 9.97. The smallest absolute Gasteiger partial charge is 0.335 e. The Morgan fingerprint density at radius 1 is 1.43 bits per heavy atom. The molecule has 108 valence electrons. The highest BCUT2D eigenvalue weighted by atomic mass is 16.6. The topological polar surface area (TPSA) is 105 Å². The molecule has 0 unspecified atom stereocenters. The SMILES string of the molecule is Cc1cc([N+](=O)[O-])cnc1NCc1cccc(C(=O)O)c1. The van der Waals surface area contributed by atoms with Crippen LogP contribution in [0.3, 0.4) is 0 Å². The lowest BCUT2D eigenvalue weighted by Crippen LogP contribution is -2.05. The van der Waals surface area contributed by atoms with E-state index >= 15 is 0 Å². The zero-order valence-electron chi connectivity index (χ0n) is 11.2. The van der Waals surface area contributed by atoms with Gasteiger partial charge in [-0.2, -0.15) is 0 Å². The fourth-order valence-electron chi connectivity index (χ4n) is 1.84. The Kier molecular flexibility index (Phi) is 4.13. The van der Waals surface area contributed by atoms with Gasteiger partial charge in [-0.1, -0.05) is 12.1 Å². The first kappa shape index (κ1) is 14.4. The third-order valence-electron chi connectivity index (χ3n) is 2.91. The normalized spacial score (nSPS) is 10.1. The number of nitro groups is 1. The van der Waals surface area contributed by atoms with Gasteiger partial charge in [-0.3, -0.25) is 10.1 Å². The van der Waals surface area contributed by atoms with Crippen molar-refractivity contribution < 1.29 is 14.8 Å². The molecule has 0 fully saturated rings. The summed E-state index contributed by atoms with van der Waals surface area (Å²) in [6, 6.07) is 7.97. The highest BCUT2D eigenvalue weighted by molar-refractivity contribution is 5.87. The average molecular weight is 287 g/mol. The second-order valence-corrected chi connectivity index (χ2v) is 4.48. The number of carboxylic acids is 1. The van der Waals surface area contributed by atoms with Gasteiger partial charge >= 0.3 is 5.97 Å². The zero-order valence-corrected chi connectivity index (χ0v) is 11.2. The molecule has 0 bridgehead atoms. The Labute approximate surface area is 120 Å². The highest BCUT2D eigenvalue weighted by Gasteiger charge is 2.09. The number of aryl methyl sites for hydroxylation is 1. The minimum absolute atomic E-state index is 0.0640. The number of nitrogens with zero attached hydrogens (tertiary/aromatic N) is 2.